The second-order valence-electron chi connectivity index (χ2n) is 4.53. The van der Waals surface area contributed by atoms with Gasteiger partial charge in [-0.05, 0) is 20.3 Å². The SMILES string of the molecule is CCOC(=O)CN1CCCN(c2nnc(C)s2)CC1. The number of aromatic nitrogens is 2. The summed E-state index contributed by atoms with van der Waals surface area (Å²) in [5.74, 6) is -0.136. The molecule has 2 rings (SSSR count). The molecule has 1 aliphatic rings. The van der Waals surface area contributed by atoms with Crippen molar-refractivity contribution in [3.63, 3.8) is 0 Å². The molecule has 0 spiro atoms. The molecule has 1 fully saturated rings. The van der Waals surface area contributed by atoms with Gasteiger partial charge in [-0.1, -0.05) is 11.3 Å². The van der Waals surface area contributed by atoms with E-state index in [9.17, 15) is 4.79 Å². The van der Waals surface area contributed by atoms with Gasteiger partial charge in [-0.25, -0.2) is 0 Å². The van der Waals surface area contributed by atoms with Crippen molar-refractivity contribution in [1.82, 2.24) is 15.1 Å². The van der Waals surface area contributed by atoms with Crippen LogP contribution >= 0.6 is 11.3 Å². The summed E-state index contributed by atoms with van der Waals surface area (Å²) in [4.78, 5) is 15.9. The number of aryl methyl sites for hydroxylation is 1. The Kier molecular flexibility index (Phi) is 5.09. The number of carbonyl (C=O) groups is 1. The van der Waals surface area contributed by atoms with E-state index >= 15 is 0 Å². The van der Waals surface area contributed by atoms with Gasteiger partial charge >= 0.3 is 5.97 Å². The van der Waals surface area contributed by atoms with Crippen LogP contribution in [-0.2, 0) is 9.53 Å². The molecule has 0 unspecified atom stereocenters. The highest BCUT2D eigenvalue weighted by Gasteiger charge is 2.19. The summed E-state index contributed by atoms with van der Waals surface area (Å²) in [6, 6.07) is 0. The molecule has 1 aromatic rings. The largest absolute Gasteiger partial charge is 0.465 e. The highest BCUT2D eigenvalue weighted by atomic mass is 32.1. The second-order valence-corrected chi connectivity index (χ2v) is 5.69. The van der Waals surface area contributed by atoms with Gasteiger partial charge in [0.1, 0.15) is 5.01 Å². The van der Waals surface area contributed by atoms with Crippen LogP contribution in [0.15, 0.2) is 0 Å². The Bertz CT molecular complexity index is 424. The zero-order valence-electron chi connectivity index (χ0n) is 11.5. The third-order valence-corrected chi connectivity index (χ3v) is 3.93. The normalized spacial score (nSPS) is 17.3. The predicted octanol–water partition coefficient (Wildman–Crippen LogP) is 0.922. The molecule has 7 heteroatoms. The second kappa shape index (κ2) is 6.81. The molecule has 1 aromatic heterocycles. The number of anilines is 1. The van der Waals surface area contributed by atoms with Crippen LogP contribution < -0.4 is 4.90 Å². The lowest BCUT2D eigenvalue weighted by Crippen LogP contribution is -2.34. The molecule has 0 N–H and O–H groups in total. The molecule has 6 nitrogen and oxygen atoms in total. The van der Waals surface area contributed by atoms with Gasteiger partial charge < -0.3 is 9.64 Å². The fourth-order valence-electron chi connectivity index (χ4n) is 2.12. The van der Waals surface area contributed by atoms with Crippen molar-refractivity contribution in [2.75, 3.05) is 44.2 Å². The van der Waals surface area contributed by atoms with Gasteiger partial charge in [0.2, 0.25) is 5.13 Å². The summed E-state index contributed by atoms with van der Waals surface area (Å²) in [6.07, 6.45) is 1.03. The Balaban J connectivity index is 1.86. The van der Waals surface area contributed by atoms with Crippen molar-refractivity contribution in [3.05, 3.63) is 5.01 Å². The standard InChI is InChI=1S/C12H20N4O2S/c1-3-18-11(17)9-15-5-4-6-16(8-7-15)12-14-13-10(2)19-12/h3-9H2,1-2H3. The lowest BCUT2D eigenvalue weighted by atomic mass is 10.4. The van der Waals surface area contributed by atoms with Gasteiger partial charge in [0.15, 0.2) is 0 Å². The minimum atomic E-state index is -0.136. The maximum atomic E-state index is 11.5. The van der Waals surface area contributed by atoms with E-state index in [1.807, 2.05) is 13.8 Å². The molecule has 19 heavy (non-hydrogen) atoms. The summed E-state index contributed by atoms with van der Waals surface area (Å²) < 4.78 is 4.99. The van der Waals surface area contributed by atoms with E-state index in [0.29, 0.717) is 13.2 Å². The average Bonchev–Trinajstić information content (AvgIpc) is 2.67. The molecule has 0 saturated carbocycles. The lowest BCUT2D eigenvalue weighted by molar-refractivity contribution is -0.144. The van der Waals surface area contributed by atoms with Crippen LogP contribution in [0.2, 0.25) is 0 Å². The summed E-state index contributed by atoms with van der Waals surface area (Å²) >= 11 is 1.62. The van der Waals surface area contributed by atoms with Gasteiger partial charge in [0, 0.05) is 26.2 Å². The topological polar surface area (TPSA) is 58.6 Å². The number of hydrogen-bond donors (Lipinski definition) is 0. The molecule has 1 saturated heterocycles. The number of ether oxygens (including phenoxy) is 1. The van der Waals surface area contributed by atoms with E-state index in [4.69, 9.17) is 4.74 Å². The summed E-state index contributed by atoms with van der Waals surface area (Å²) in [5.41, 5.74) is 0. The monoisotopic (exact) mass is 284 g/mol. The van der Waals surface area contributed by atoms with Crippen LogP contribution in [0.4, 0.5) is 5.13 Å². The van der Waals surface area contributed by atoms with E-state index in [1.54, 1.807) is 11.3 Å². The summed E-state index contributed by atoms with van der Waals surface area (Å²) in [7, 11) is 0. The molecule has 0 aliphatic carbocycles. The smallest absolute Gasteiger partial charge is 0.320 e. The number of hydrogen-bond acceptors (Lipinski definition) is 7. The summed E-state index contributed by atoms with van der Waals surface area (Å²) in [5, 5.41) is 10.2. The quantitative estimate of drug-likeness (QED) is 0.766. The Labute approximate surface area is 117 Å². The van der Waals surface area contributed by atoms with E-state index in [-0.39, 0.29) is 5.97 Å². The van der Waals surface area contributed by atoms with Gasteiger partial charge in [0.05, 0.1) is 13.2 Å². The van der Waals surface area contributed by atoms with E-state index in [1.165, 1.54) is 0 Å². The van der Waals surface area contributed by atoms with E-state index in [2.05, 4.69) is 20.0 Å². The molecule has 0 radical (unpaired) electrons. The van der Waals surface area contributed by atoms with Crippen LogP contribution in [0, 0.1) is 6.92 Å². The highest BCUT2D eigenvalue weighted by molar-refractivity contribution is 7.15. The fraction of sp³-hybridized carbons (Fsp3) is 0.750. The van der Waals surface area contributed by atoms with Crippen molar-refractivity contribution in [1.29, 1.82) is 0 Å². The van der Waals surface area contributed by atoms with E-state index < -0.39 is 0 Å². The number of nitrogens with zero attached hydrogens (tertiary/aromatic N) is 4. The molecule has 106 valence electrons. The fourth-order valence-corrected chi connectivity index (χ4v) is 2.86. The maximum absolute atomic E-state index is 11.5. The number of esters is 1. The van der Waals surface area contributed by atoms with Crippen molar-refractivity contribution in [3.8, 4) is 0 Å². The first-order valence-electron chi connectivity index (χ1n) is 6.62. The van der Waals surface area contributed by atoms with Crippen LogP contribution in [0.1, 0.15) is 18.4 Å². The maximum Gasteiger partial charge on any atom is 0.320 e. The molecule has 0 aromatic carbocycles. The Morgan fingerprint density at radius 1 is 1.32 bits per heavy atom. The van der Waals surface area contributed by atoms with Crippen molar-refractivity contribution >= 4 is 22.4 Å². The van der Waals surface area contributed by atoms with Crippen LogP contribution in [0.3, 0.4) is 0 Å². The molecule has 0 atom stereocenters. The van der Waals surface area contributed by atoms with Gasteiger partial charge in [-0.3, -0.25) is 9.69 Å². The summed E-state index contributed by atoms with van der Waals surface area (Å²) in [6.45, 7) is 8.26. The number of rotatable bonds is 4. The van der Waals surface area contributed by atoms with Crippen LogP contribution in [0.25, 0.3) is 0 Å². The first kappa shape index (κ1) is 14.2. The first-order chi connectivity index (χ1) is 9.19. The first-order valence-corrected chi connectivity index (χ1v) is 7.43. The molecular formula is C12H20N4O2S. The number of carbonyl (C=O) groups excluding carboxylic acids is 1. The van der Waals surface area contributed by atoms with Gasteiger partial charge in [-0.2, -0.15) is 0 Å². The molecule has 2 heterocycles. The lowest BCUT2D eigenvalue weighted by Gasteiger charge is -2.20. The minimum absolute atomic E-state index is 0.136. The Morgan fingerprint density at radius 3 is 2.84 bits per heavy atom. The van der Waals surface area contributed by atoms with Crippen molar-refractivity contribution in [2.24, 2.45) is 0 Å². The molecule has 0 amide bonds. The van der Waals surface area contributed by atoms with Gasteiger partial charge in [-0.15, -0.1) is 10.2 Å². The van der Waals surface area contributed by atoms with Crippen molar-refractivity contribution in [2.45, 2.75) is 20.3 Å². The van der Waals surface area contributed by atoms with E-state index in [0.717, 1.165) is 42.7 Å². The zero-order valence-corrected chi connectivity index (χ0v) is 12.3. The predicted molar refractivity (Wildman–Crippen MR) is 74.5 cm³/mol. The minimum Gasteiger partial charge on any atom is -0.465 e. The van der Waals surface area contributed by atoms with Crippen LogP contribution in [-0.4, -0.2) is 60.4 Å². The van der Waals surface area contributed by atoms with Crippen molar-refractivity contribution < 1.29 is 9.53 Å². The molecule has 0 bridgehead atoms. The highest BCUT2D eigenvalue weighted by Crippen LogP contribution is 2.20. The van der Waals surface area contributed by atoms with Crippen LogP contribution in [0.5, 0.6) is 0 Å². The Morgan fingerprint density at radius 2 is 2.16 bits per heavy atom. The Hall–Kier alpha value is -1.21. The van der Waals surface area contributed by atoms with Gasteiger partial charge in [0.25, 0.3) is 0 Å². The third kappa shape index (κ3) is 4.14. The third-order valence-electron chi connectivity index (χ3n) is 3.03. The molecular weight excluding hydrogens is 264 g/mol. The zero-order chi connectivity index (χ0) is 13.7. The molecule has 1 aliphatic heterocycles. The average molecular weight is 284 g/mol.